The molecular weight excluding hydrogens is 331 g/mol. The van der Waals surface area contributed by atoms with E-state index in [0.717, 1.165) is 14.0 Å². The van der Waals surface area contributed by atoms with Gasteiger partial charge in [0.2, 0.25) is 0 Å². The smallest absolute Gasteiger partial charge is 0.138 e. The van der Waals surface area contributed by atoms with Crippen molar-refractivity contribution in [1.82, 2.24) is 9.97 Å². The van der Waals surface area contributed by atoms with Gasteiger partial charge in [-0.25, -0.2) is 9.97 Å². The molecule has 0 aromatic carbocycles. The molecule has 0 N–H and O–H groups in total. The number of halogens is 2. The molecule has 2 nitrogen and oxygen atoms in total. The van der Waals surface area contributed by atoms with Gasteiger partial charge in [-0.1, -0.05) is 0 Å². The van der Waals surface area contributed by atoms with Crippen molar-refractivity contribution in [2.75, 3.05) is 0 Å². The predicted molar refractivity (Wildman–Crippen MR) is 59.2 cm³/mol. The molecule has 0 amide bonds. The minimum absolute atomic E-state index is 0.686. The molecule has 1 aliphatic rings. The first-order chi connectivity index (χ1) is 5.68. The van der Waals surface area contributed by atoms with Gasteiger partial charge in [0.15, 0.2) is 0 Å². The summed E-state index contributed by atoms with van der Waals surface area (Å²) in [5, 5.41) is 0. The summed E-state index contributed by atoms with van der Waals surface area (Å²) in [5.74, 6) is 0.686. The molecule has 64 valence electrons. The van der Waals surface area contributed by atoms with Crippen LogP contribution in [0.25, 0.3) is 0 Å². The van der Waals surface area contributed by atoms with E-state index in [1.54, 1.807) is 0 Å². The predicted octanol–water partition coefficient (Wildman–Crippen LogP) is 3.03. The van der Waals surface area contributed by atoms with Gasteiger partial charge in [0, 0.05) is 5.92 Å². The Labute approximate surface area is 93.5 Å². The fourth-order valence-corrected chi connectivity index (χ4v) is 1.99. The van der Waals surface area contributed by atoms with Crippen LogP contribution in [0.2, 0.25) is 0 Å². The van der Waals surface area contributed by atoms with Crippen LogP contribution in [0.15, 0.2) is 4.60 Å². The number of hydrogen-bond acceptors (Lipinski definition) is 2. The lowest BCUT2D eigenvalue weighted by molar-refractivity contribution is 0.919. The molecule has 1 heterocycles. The molecule has 12 heavy (non-hydrogen) atoms. The van der Waals surface area contributed by atoms with E-state index in [1.807, 2.05) is 6.92 Å². The fourth-order valence-electron chi connectivity index (χ4n) is 1.23. The molecule has 0 bridgehead atoms. The maximum absolute atomic E-state index is 4.48. The standard InChI is InChI=1S/C8H8BrIN2/c1-4-6(5-2-3-5)12-7(9)8(10)11-4/h5H,2-3H2,1H3. The molecule has 1 aromatic heterocycles. The second kappa shape index (κ2) is 3.21. The van der Waals surface area contributed by atoms with E-state index in [2.05, 4.69) is 48.5 Å². The molecule has 1 aliphatic carbocycles. The van der Waals surface area contributed by atoms with Crippen LogP contribution in [-0.2, 0) is 0 Å². The van der Waals surface area contributed by atoms with Crippen molar-refractivity contribution in [3.63, 3.8) is 0 Å². The summed E-state index contributed by atoms with van der Waals surface area (Å²) in [4.78, 5) is 8.89. The number of aromatic nitrogens is 2. The molecule has 1 fully saturated rings. The molecule has 1 aromatic rings. The number of nitrogens with zero attached hydrogens (tertiary/aromatic N) is 2. The van der Waals surface area contributed by atoms with Crippen LogP contribution in [0, 0.1) is 10.6 Å². The third-order valence-electron chi connectivity index (χ3n) is 1.99. The molecule has 0 atom stereocenters. The normalized spacial score (nSPS) is 16.6. The summed E-state index contributed by atoms with van der Waals surface area (Å²) in [6.07, 6.45) is 2.56. The van der Waals surface area contributed by atoms with Gasteiger partial charge >= 0.3 is 0 Å². The van der Waals surface area contributed by atoms with E-state index in [1.165, 1.54) is 18.5 Å². The minimum atomic E-state index is 0.686. The third-order valence-corrected chi connectivity index (χ3v) is 4.04. The zero-order valence-corrected chi connectivity index (χ0v) is 10.4. The Kier molecular flexibility index (Phi) is 2.37. The SMILES string of the molecule is Cc1nc(I)c(Br)nc1C1CC1. The second-order valence-corrected chi connectivity index (χ2v) is 4.82. The number of aryl methyl sites for hydroxylation is 1. The van der Waals surface area contributed by atoms with Gasteiger partial charge in [0.05, 0.1) is 11.4 Å². The van der Waals surface area contributed by atoms with E-state index >= 15 is 0 Å². The Morgan fingerprint density at radius 3 is 2.67 bits per heavy atom. The highest BCUT2D eigenvalue weighted by molar-refractivity contribution is 14.1. The van der Waals surface area contributed by atoms with Crippen molar-refractivity contribution in [3.05, 3.63) is 19.7 Å². The van der Waals surface area contributed by atoms with Crippen molar-refractivity contribution in [2.45, 2.75) is 25.7 Å². The van der Waals surface area contributed by atoms with Crippen molar-refractivity contribution in [1.29, 1.82) is 0 Å². The largest absolute Gasteiger partial charge is 0.242 e. The van der Waals surface area contributed by atoms with Gasteiger partial charge < -0.3 is 0 Å². The van der Waals surface area contributed by atoms with Crippen LogP contribution in [0.5, 0.6) is 0 Å². The average molecular weight is 339 g/mol. The molecule has 0 aliphatic heterocycles. The Morgan fingerprint density at radius 2 is 2.08 bits per heavy atom. The second-order valence-electron chi connectivity index (χ2n) is 3.05. The minimum Gasteiger partial charge on any atom is -0.242 e. The van der Waals surface area contributed by atoms with Crippen LogP contribution in [-0.4, -0.2) is 9.97 Å². The third kappa shape index (κ3) is 1.64. The molecule has 0 unspecified atom stereocenters. The van der Waals surface area contributed by atoms with Gasteiger partial charge in [0.1, 0.15) is 8.30 Å². The van der Waals surface area contributed by atoms with Gasteiger partial charge in [-0.3, -0.25) is 0 Å². The topological polar surface area (TPSA) is 25.8 Å². The highest BCUT2D eigenvalue weighted by Gasteiger charge is 2.27. The molecule has 1 saturated carbocycles. The molecule has 4 heteroatoms. The lowest BCUT2D eigenvalue weighted by Crippen LogP contribution is -1.98. The molecule has 0 spiro atoms. The average Bonchev–Trinajstić information content (AvgIpc) is 2.79. The molecular formula is C8H8BrIN2. The summed E-state index contributed by atoms with van der Waals surface area (Å²) < 4.78 is 1.84. The fraction of sp³-hybridized carbons (Fsp3) is 0.500. The van der Waals surface area contributed by atoms with Crippen LogP contribution in [0.1, 0.15) is 30.1 Å². The molecule has 2 rings (SSSR count). The van der Waals surface area contributed by atoms with E-state index in [-0.39, 0.29) is 0 Å². The van der Waals surface area contributed by atoms with Crippen LogP contribution in [0.4, 0.5) is 0 Å². The van der Waals surface area contributed by atoms with Crippen molar-refractivity contribution >= 4 is 38.5 Å². The Hall–Kier alpha value is 0.290. The first-order valence-electron chi connectivity index (χ1n) is 3.88. The van der Waals surface area contributed by atoms with Gasteiger partial charge in [-0.05, 0) is 58.3 Å². The Bertz CT molecular complexity index is 323. The van der Waals surface area contributed by atoms with E-state index < -0.39 is 0 Å². The monoisotopic (exact) mass is 338 g/mol. The highest BCUT2D eigenvalue weighted by atomic mass is 127. The highest BCUT2D eigenvalue weighted by Crippen LogP contribution is 2.40. The van der Waals surface area contributed by atoms with E-state index in [9.17, 15) is 0 Å². The Morgan fingerprint density at radius 1 is 1.42 bits per heavy atom. The number of hydrogen-bond donors (Lipinski definition) is 0. The summed E-state index contributed by atoms with van der Waals surface area (Å²) in [5.41, 5.74) is 2.27. The van der Waals surface area contributed by atoms with Crippen molar-refractivity contribution in [2.24, 2.45) is 0 Å². The van der Waals surface area contributed by atoms with Gasteiger partial charge in [-0.15, -0.1) is 0 Å². The van der Waals surface area contributed by atoms with Crippen LogP contribution in [0.3, 0.4) is 0 Å². The van der Waals surface area contributed by atoms with Crippen molar-refractivity contribution in [3.8, 4) is 0 Å². The van der Waals surface area contributed by atoms with Gasteiger partial charge in [-0.2, -0.15) is 0 Å². The lowest BCUT2D eigenvalue weighted by Gasteiger charge is -2.03. The van der Waals surface area contributed by atoms with E-state index in [0.29, 0.717) is 5.92 Å². The maximum Gasteiger partial charge on any atom is 0.138 e. The Balaban J connectivity index is 2.47. The van der Waals surface area contributed by atoms with Gasteiger partial charge in [0.25, 0.3) is 0 Å². The molecule has 0 saturated heterocycles. The first kappa shape index (κ1) is 8.87. The summed E-state index contributed by atoms with van der Waals surface area (Å²) in [7, 11) is 0. The summed E-state index contributed by atoms with van der Waals surface area (Å²) >= 11 is 5.59. The quantitative estimate of drug-likeness (QED) is 0.735. The summed E-state index contributed by atoms with van der Waals surface area (Å²) in [6, 6.07) is 0. The van der Waals surface area contributed by atoms with Crippen LogP contribution < -0.4 is 0 Å². The summed E-state index contributed by atoms with van der Waals surface area (Å²) in [6.45, 7) is 2.04. The zero-order chi connectivity index (χ0) is 8.72. The zero-order valence-electron chi connectivity index (χ0n) is 6.64. The molecule has 0 radical (unpaired) electrons. The maximum atomic E-state index is 4.48. The van der Waals surface area contributed by atoms with Crippen molar-refractivity contribution < 1.29 is 0 Å². The lowest BCUT2D eigenvalue weighted by atomic mass is 10.2. The van der Waals surface area contributed by atoms with Crippen LogP contribution >= 0.6 is 38.5 Å². The van der Waals surface area contributed by atoms with E-state index in [4.69, 9.17) is 0 Å². The first-order valence-corrected chi connectivity index (χ1v) is 5.75. The number of rotatable bonds is 1.